The molecule has 3 rings (SSSR count). The minimum atomic E-state index is 0.436. The third-order valence-electron chi connectivity index (χ3n) is 4.31. The third kappa shape index (κ3) is 2.38. The van der Waals surface area contributed by atoms with Gasteiger partial charge in [-0.3, -0.25) is 9.58 Å². The fourth-order valence-electron chi connectivity index (χ4n) is 3.54. The van der Waals surface area contributed by atoms with Crippen molar-refractivity contribution in [2.75, 3.05) is 6.54 Å². The van der Waals surface area contributed by atoms with Crippen LogP contribution in [0.5, 0.6) is 0 Å². The van der Waals surface area contributed by atoms with Crippen molar-refractivity contribution < 1.29 is 0 Å². The highest BCUT2D eigenvalue weighted by atomic mass is 15.3. The number of hydrogen-bond acceptors (Lipinski definition) is 3. The Bertz CT molecular complexity index is 334. The maximum atomic E-state index is 6.13. The van der Waals surface area contributed by atoms with Gasteiger partial charge in [0.05, 0.1) is 6.54 Å². The van der Waals surface area contributed by atoms with E-state index < -0.39 is 0 Å². The molecule has 2 unspecified atom stereocenters. The smallest absolute Gasteiger partial charge is 0.0536 e. The molecule has 0 radical (unpaired) electrons. The highest BCUT2D eigenvalue weighted by molar-refractivity contribution is 4.93. The number of piperidine rings is 2. The van der Waals surface area contributed by atoms with E-state index in [1.165, 1.54) is 32.1 Å². The number of fused-ring (bicyclic) bond motifs is 2. The van der Waals surface area contributed by atoms with E-state index in [1.807, 2.05) is 23.1 Å². The van der Waals surface area contributed by atoms with Gasteiger partial charge in [0.2, 0.25) is 0 Å². The first-order valence-corrected chi connectivity index (χ1v) is 6.81. The van der Waals surface area contributed by atoms with Gasteiger partial charge in [-0.1, -0.05) is 6.42 Å². The summed E-state index contributed by atoms with van der Waals surface area (Å²) in [4.78, 5) is 2.69. The lowest BCUT2D eigenvalue weighted by atomic mass is 9.82. The van der Waals surface area contributed by atoms with Crippen LogP contribution in [0.1, 0.15) is 32.1 Å². The van der Waals surface area contributed by atoms with Gasteiger partial charge in [0.25, 0.3) is 0 Å². The standard InChI is InChI=1S/C13H22N4/c14-11-9-12-3-1-4-13(10-11)17(12)8-7-16-6-2-5-15-16/h2,5-6,11-13H,1,3-4,7-10,14H2. The molecule has 2 aliphatic heterocycles. The lowest BCUT2D eigenvalue weighted by molar-refractivity contribution is 0.0281. The van der Waals surface area contributed by atoms with Crippen LogP contribution < -0.4 is 5.73 Å². The van der Waals surface area contributed by atoms with E-state index >= 15 is 0 Å². The molecule has 1 aromatic heterocycles. The number of nitrogens with two attached hydrogens (primary N) is 1. The molecule has 0 spiro atoms. The van der Waals surface area contributed by atoms with Gasteiger partial charge in [0, 0.05) is 37.1 Å². The first-order chi connectivity index (χ1) is 8.33. The molecule has 3 heterocycles. The summed E-state index contributed by atoms with van der Waals surface area (Å²) >= 11 is 0. The summed E-state index contributed by atoms with van der Waals surface area (Å²) in [6.07, 6.45) is 10.3. The quantitative estimate of drug-likeness (QED) is 0.855. The van der Waals surface area contributed by atoms with E-state index in [4.69, 9.17) is 5.73 Å². The minimum absolute atomic E-state index is 0.436. The number of aromatic nitrogens is 2. The van der Waals surface area contributed by atoms with Crippen LogP contribution in [0.3, 0.4) is 0 Å². The maximum Gasteiger partial charge on any atom is 0.0536 e. The zero-order chi connectivity index (χ0) is 11.7. The van der Waals surface area contributed by atoms with E-state index in [2.05, 4.69) is 10.00 Å². The van der Waals surface area contributed by atoms with E-state index in [1.54, 1.807) is 0 Å². The highest BCUT2D eigenvalue weighted by Crippen LogP contribution is 2.33. The third-order valence-corrected chi connectivity index (χ3v) is 4.31. The second-order valence-electron chi connectivity index (χ2n) is 5.48. The van der Waals surface area contributed by atoms with Gasteiger partial charge in [0.15, 0.2) is 0 Å². The Balaban J connectivity index is 1.62. The number of nitrogens with zero attached hydrogens (tertiary/aromatic N) is 3. The molecule has 0 aromatic carbocycles. The zero-order valence-electron chi connectivity index (χ0n) is 10.3. The van der Waals surface area contributed by atoms with Gasteiger partial charge in [-0.15, -0.1) is 0 Å². The first kappa shape index (κ1) is 11.2. The van der Waals surface area contributed by atoms with Crippen molar-refractivity contribution in [3.8, 4) is 0 Å². The normalized spacial score (nSPS) is 33.8. The summed E-state index contributed by atoms with van der Waals surface area (Å²) in [7, 11) is 0. The summed E-state index contributed by atoms with van der Waals surface area (Å²) in [5, 5.41) is 4.27. The Morgan fingerprint density at radius 2 is 1.94 bits per heavy atom. The molecule has 0 saturated carbocycles. The minimum Gasteiger partial charge on any atom is -0.328 e. The average Bonchev–Trinajstić information content (AvgIpc) is 2.79. The van der Waals surface area contributed by atoms with Gasteiger partial charge in [-0.2, -0.15) is 5.10 Å². The van der Waals surface area contributed by atoms with E-state index in [0.29, 0.717) is 6.04 Å². The van der Waals surface area contributed by atoms with Crippen LogP contribution in [-0.2, 0) is 6.54 Å². The molecule has 0 amide bonds. The Labute approximate surface area is 103 Å². The van der Waals surface area contributed by atoms with Crippen LogP contribution in [0.4, 0.5) is 0 Å². The van der Waals surface area contributed by atoms with Crippen molar-refractivity contribution in [1.29, 1.82) is 0 Å². The van der Waals surface area contributed by atoms with Crippen LogP contribution in [0, 0.1) is 0 Å². The Morgan fingerprint density at radius 1 is 1.18 bits per heavy atom. The zero-order valence-corrected chi connectivity index (χ0v) is 10.3. The predicted molar refractivity (Wildman–Crippen MR) is 67.6 cm³/mol. The largest absolute Gasteiger partial charge is 0.328 e. The SMILES string of the molecule is NC1CC2CCCC(C1)N2CCn1cccn1. The van der Waals surface area contributed by atoms with Gasteiger partial charge >= 0.3 is 0 Å². The van der Waals surface area contributed by atoms with Crippen molar-refractivity contribution in [2.24, 2.45) is 5.73 Å². The second kappa shape index (κ2) is 4.78. The molecule has 94 valence electrons. The van der Waals surface area contributed by atoms with Crippen LogP contribution in [0.15, 0.2) is 18.5 Å². The molecule has 1 aromatic rings. The van der Waals surface area contributed by atoms with Crippen LogP contribution in [-0.4, -0.2) is 39.4 Å². The van der Waals surface area contributed by atoms with Crippen molar-refractivity contribution in [1.82, 2.24) is 14.7 Å². The molecule has 2 aliphatic rings. The lowest BCUT2D eigenvalue weighted by Gasteiger charge is -2.48. The topological polar surface area (TPSA) is 47.1 Å². The molecule has 2 fully saturated rings. The predicted octanol–water partition coefficient (Wildman–Crippen LogP) is 1.23. The van der Waals surface area contributed by atoms with Gasteiger partial charge in [0.1, 0.15) is 0 Å². The molecular formula is C13H22N4. The van der Waals surface area contributed by atoms with Gasteiger partial charge in [-0.25, -0.2) is 0 Å². The Hall–Kier alpha value is -0.870. The van der Waals surface area contributed by atoms with Crippen molar-refractivity contribution in [3.05, 3.63) is 18.5 Å². The second-order valence-corrected chi connectivity index (χ2v) is 5.48. The summed E-state index contributed by atoms with van der Waals surface area (Å²) in [5.41, 5.74) is 6.13. The number of hydrogen-bond donors (Lipinski definition) is 1. The molecule has 4 heteroatoms. The van der Waals surface area contributed by atoms with Crippen LogP contribution in [0.25, 0.3) is 0 Å². The summed E-state index contributed by atoms with van der Waals surface area (Å²) < 4.78 is 2.03. The summed E-state index contributed by atoms with van der Waals surface area (Å²) in [6, 6.07) is 3.89. The molecule has 4 nitrogen and oxygen atoms in total. The molecule has 17 heavy (non-hydrogen) atoms. The molecule has 2 atom stereocenters. The van der Waals surface area contributed by atoms with Crippen molar-refractivity contribution in [3.63, 3.8) is 0 Å². The average molecular weight is 234 g/mol. The van der Waals surface area contributed by atoms with Crippen LogP contribution in [0.2, 0.25) is 0 Å². The first-order valence-electron chi connectivity index (χ1n) is 6.81. The van der Waals surface area contributed by atoms with Gasteiger partial charge in [-0.05, 0) is 31.7 Å². The van der Waals surface area contributed by atoms with E-state index in [0.717, 1.165) is 25.2 Å². The van der Waals surface area contributed by atoms with Gasteiger partial charge < -0.3 is 5.73 Å². The van der Waals surface area contributed by atoms with Crippen molar-refractivity contribution >= 4 is 0 Å². The fourth-order valence-corrected chi connectivity index (χ4v) is 3.54. The van der Waals surface area contributed by atoms with Crippen LogP contribution >= 0.6 is 0 Å². The van der Waals surface area contributed by atoms with E-state index in [9.17, 15) is 0 Å². The highest BCUT2D eigenvalue weighted by Gasteiger charge is 2.36. The molecule has 2 saturated heterocycles. The monoisotopic (exact) mass is 234 g/mol. The number of rotatable bonds is 3. The lowest BCUT2D eigenvalue weighted by Crippen LogP contribution is -2.55. The van der Waals surface area contributed by atoms with E-state index in [-0.39, 0.29) is 0 Å². The Kier molecular flexibility index (Phi) is 3.16. The molecular weight excluding hydrogens is 212 g/mol. The Morgan fingerprint density at radius 3 is 2.59 bits per heavy atom. The maximum absolute atomic E-state index is 6.13. The summed E-state index contributed by atoms with van der Waals surface area (Å²) in [5.74, 6) is 0. The fraction of sp³-hybridized carbons (Fsp3) is 0.769. The molecule has 2 N–H and O–H groups in total. The molecule has 2 bridgehead atoms. The molecule has 0 aliphatic carbocycles. The van der Waals surface area contributed by atoms with Crippen molar-refractivity contribution in [2.45, 2.75) is 56.8 Å². The summed E-state index contributed by atoms with van der Waals surface area (Å²) in [6.45, 7) is 2.14.